The summed E-state index contributed by atoms with van der Waals surface area (Å²) in [5.41, 5.74) is 4.00. The van der Waals surface area contributed by atoms with Crippen LogP contribution in [-0.4, -0.2) is 35.1 Å². The smallest absolute Gasteiger partial charge is 0.475 e. The Morgan fingerprint density at radius 3 is 2.43 bits per heavy atom. The van der Waals surface area contributed by atoms with Gasteiger partial charge in [0.2, 0.25) is 5.91 Å². The van der Waals surface area contributed by atoms with Gasteiger partial charge in [0.25, 0.3) is 0 Å². The van der Waals surface area contributed by atoms with E-state index in [-0.39, 0.29) is 24.3 Å². The highest BCUT2D eigenvalue weighted by Crippen LogP contribution is 2.33. The fraction of sp³-hybridized carbons (Fsp3) is 0.208. The van der Waals surface area contributed by atoms with Gasteiger partial charge in [0.1, 0.15) is 6.10 Å². The minimum atomic E-state index is -1.66. The van der Waals surface area contributed by atoms with Gasteiger partial charge in [-0.25, -0.2) is 0 Å². The van der Waals surface area contributed by atoms with E-state index in [0.717, 1.165) is 22.3 Å². The van der Waals surface area contributed by atoms with Crippen LogP contribution in [-0.2, 0) is 16.0 Å². The van der Waals surface area contributed by atoms with E-state index < -0.39 is 13.1 Å². The zero-order valence-electron chi connectivity index (χ0n) is 16.5. The molecule has 0 spiro atoms. The van der Waals surface area contributed by atoms with Crippen molar-refractivity contribution in [3.8, 4) is 11.1 Å². The van der Waals surface area contributed by atoms with E-state index in [1.54, 1.807) is 6.26 Å². The lowest BCUT2D eigenvalue weighted by molar-refractivity contribution is -0.120. The van der Waals surface area contributed by atoms with Gasteiger partial charge < -0.3 is 20.1 Å². The van der Waals surface area contributed by atoms with Gasteiger partial charge in [0.15, 0.2) is 0 Å². The van der Waals surface area contributed by atoms with E-state index in [4.69, 9.17) is 4.74 Å². The lowest BCUT2D eigenvalue weighted by atomic mass is 9.73. The number of hydrogen-bond donors (Lipinski definition) is 3. The van der Waals surface area contributed by atoms with Crippen molar-refractivity contribution >= 4 is 13.0 Å². The molecule has 1 heterocycles. The van der Waals surface area contributed by atoms with E-state index in [0.29, 0.717) is 6.42 Å². The number of allylic oxidation sites excluding steroid dienone is 2. The average molecular weight is 401 g/mol. The van der Waals surface area contributed by atoms with Crippen LogP contribution in [0.3, 0.4) is 0 Å². The summed E-state index contributed by atoms with van der Waals surface area (Å²) in [6.07, 6.45) is 9.97. The van der Waals surface area contributed by atoms with Crippen LogP contribution in [0.5, 0.6) is 0 Å². The summed E-state index contributed by atoms with van der Waals surface area (Å²) < 4.78 is 5.62. The zero-order chi connectivity index (χ0) is 20.9. The second-order valence-electron chi connectivity index (χ2n) is 7.62. The molecule has 0 saturated carbocycles. The molecule has 0 fully saturated rings. The van der Waals surface area contributed by atoms with Crippen LogP contribution in [0, 0.1) is 5.92 Å². The molecule has 4 rings (SSSR count). The maximum Gasteiger partial charge on any atom is 0.475 e. The van der Waals surface area contributed by atoms with Crippen LogP contribution in [0.1, 0.15) is 12.0 Å². The Bertz CT molecular complexity index is 966. The summed E-state index contributed by atoms with van der Waals surface area (Å²) in [7, 11) is -1.66. The van der Waals surface area contributed by atoms with Crippen LogP contribution < -0.4 is 5.32 Å². The maximum absolute atomic E-state index is 12.5. The summed E-state index contributed by atoms with van der Waals surface area (Å²) in [5, 5.41) is 22.3. The monoisotopic (exact) mass is 401 g/mol. The molecule has 3 atom stereocenters. The topological polar surface area (TPSA) is 78.8 Å². The number of fused-ring (bicyclic) bond motifs is 1. The third kappa shape index (κ3) is 4.73. The highest BCUT2D eigenvalue weighted by Gasteiger charge is 2.34. The molecule has 1 amide bonds. The van der Waals surface area contributed by atoms with Gasteiger partial charge in [-0.15, -0.1) is 0 Å². The van der Waals surface area contributed by atoms with Gasteiger partial charge in [-0.2, -0.15) is 0 Å². The lowest BCUT2D eigenvalue weighted by Crippen LogP contribution is -2.47. The van der Waals surface area contributed by atoms with E-state index in [1.807, 2.05) is 78.9 Å². The summed E-state index contributed by atoms with van der Waals surface area (Å²) in [4.78, 5) is 12.5. The van der Waals surface area contributed by atoms with Crippen LogP contribution >= 0.6 is 0 Å². The Kier molecular flexibility index (Phi) is 6.16. The number of amides is 1. The molecule has 1 aliphatic heterocycles. The van der Waals surface area contributed by atoms with Gasteiger partial charge in [0, 0.05) is 5.92 Å². The average Bonchev–Trinajstić information content (AvgIpc) is 3.17. The fourth-order valence-corrected chi connectivity index (χ4v) is 3.85. The fourth-order valence-electron chi connectivity index (χ4n) is 3.85. The molecule has 30 heavy (non-hydrogen) atoms. The second kappa shape index (κ2) is 9.16. The first-order valence-corrected chi connectivity index (χ1v) is 10.1. The Labute approximate surface area is 176 Å². The Morgan fingerprint density at radius 2 is 1.70 bits per heavy atom. The molecule has 1 aliphatic carbocycles. The quantitative estimate of drug-likeness (QED) is 0.624. The molecular weight excluding hydrogens is 377 g/mol. The highest BCUT2D eigenvalue weighted by atomic mass is 16.5. The van der Waals surface area contributed by atoms with Gasteiger partial charge in [-0.1, -0.05) is 72.8 Å². The van der Waals surface area contributed by atoms with Crippen molar-refractivity contribution in [3.05, 3.63) is 96.3 Å². The number of rotatable bonds is 7. The highest BCUT2D eigenvalue weighted by molar-refractivity contribution is 6.43. The zero-order valence-corrected chi connectivity index (χ0v) is 16.5. The molecule has 2 unspecified atom stereocenters. The van der Waals surface area contributed by atoms with Crippen LogP contribution in [0.4, 0.5) is 0 Å². The van der Waals surface area contributed by atoms with Gasteiger partial charge in [-0.05, 0) is 34.8 Å². The van der Waals surface area contributed by atoms with Crippen molar-refractivity contribution in [1.29, 1.82) is 0 Å². The van der Waals surface area contributed by atoms with Crippen molar-refractivity contribution in [2.24, 2.45) is 5.92 Å². The van der Waals surface area contributed by atoms with Crippen molar-refractivity contribution in [3.63, 3.8) is 0 Å². The third-order valence-electron chi connectivity index (χ3n) is 5.48. The van der Waals surface area contributed by atoms with E-state index >= 15 is 0 Å². The summed E-state index contributed by atoms with van der Waals surface area (Å²) in [6.45, 7) is 0. The normalized spacial score (nSPS) is 20.1. The van der Waals surface area contributed by atoms with Crippen LogP contribution in [0.2, 0.25) is 0 Å². The van der Waals surface area contributed by atoms with Crippen molar-refractivity contribution < 1.29 is 19.6 Å². The Hall–Kier alpha value is -3.09. The first kappa shape index (κ1) is 20.2. The molecule has 6 heteroatoms. The minimum absolute atomic E-state index is 0.0553. The number of carbonyl (C=O) groups is 1. The van der Waals surface area contributed by atoms with Crippen LogP contribution in [0.25, 0.3) is 11.1 Å². The molecule has 0 radical (unpaired) electrons. The maximum atomic E-state index is 12.5. The molecule has 152 valence electrons. The Balaban J connectivity index is 1.36. The van der Waals surface area contributed by atoms with E-state index in [1.165, 1.54) is 0 Å². The Morgan fingerprint density at radius 1 is 1.00 bits per heavy atom. The predicted molar refractivity (Wildman–Crippen MR) is 117 cm³/mol. The molecule has 3 N–H and O–H groups in total. The van der Waals surface area contributed by atoms with Crippen molar-refractivity contribution in [2.45, 2.75) is 24.9 Å². The first-order valence-electron chi connectivity index (χ1n) is 10.1. The SMILES string of the molecule is O=C(Cc1ccc(-c2ccccc2)cc1)N[C@H](CC1=COC2C=CC=CC12)B(O)O. The number of benzene rings is 2. The predicted octanol–water partition coefficient (Wildman–Crippen LogP) is 2.81. The lowest BCUT2D eigenvalue weighted by Gasteiger charge is -2.22. The number of carbonyl (C=O) groups excluding carboxylic acids is 1. The standard InChI is InChI=1S/C24H24BNO4/c27-24(14-17-10-12-19(13-11-17)18-6-2-1-3-7-18)26-23(25(28)29)15-20-16-30-22-9-5-4-8-21(20)22/h1-13,16,21-23,28-29H,14-15H2,(H,26,27)/t21?,22?,23-/m1/s1. The van der Waals surface area contributed by atoms with E-state index in [9.17, 15) is 14.8 Å². The minimum Gasteiger partial charge on any atom is -0.493 e. The van der Waals surface area contributed by atoms with Gasteiger partial charge >= 0.3 is 7.12 Å². The number of ether oxygens (including phenoxy) is 1. The first-order chi connectivity index (χ1) is 14.6. The molecule has 2 aromatic carbocycles. The molecule has 0 saturated heterocycles. The number of hydrogen-bond acceptors (Lipinski definition) is 4. The molecular formula is C24H24BNO4. The van der Waals surface area contributed by atoms with Gasteiger partial charge in [-0.3, -0.25) is 4.79 Å². The van der Waals surface area contributed by atoms with Gasteiger partial charge in [0.05, 0.1) is 18.6 Å². The molecule has 2 aromatic rings. The van der Waals surface area contributed by atoms with Crippen LogP contribution in [0.15, 0.2) is 90.7 Å². The van der Waals surface area contributed by atoms with Crippen molar-refractivity contribution in [2.75, 3.05) is 0 Å². The summed E-state index contributed by atoms with van der Waals surface area (Å²) in [5.74, 6) is -0.983. The van der Waals surface area contributed by atoms with Crippen molar-refractivity contribution in [1.82, 2.24) is 5.32 Å². The molecule has 2 aliphatic rings. The summed E-state index contributed by atoms with van der Waals surface area (Å²) in [6, 6.07) is 17.8. The van der Waals surface area contributed by atoms with E-state index in [2.05, 4.69) is 5.32 Å². The number of nitrogens with one attached hydrogen (secondary N) is 1. The summed E-state index contributed by atoms with van der Waals surface area (Å²) >= 11 is 0. The molecule has 0 bridgehead atoms. The molecule has 5 nitrogen and oxygen atoms in total. The second-order valence-corrected chi connectivity index (χ2v) is 7.62. The third-order valence-corrected chi connectivity index (χ3v) is 5.48. The largest absolute Gasteiger partial charge is 0.493 e. The molecule has 0 aromatic heterocycles.